The molecule has 2 aromatic carbocycles. The van der Waals surface area contributed by atoms with Crippen molar-refractivity contribution in [2.75, 3.05) is 19.7 Å². The molecular formula is C24H30N2O3. The lowest BCUT2D eigenvalue weighted by Crippen LogP contribution is -2.47. The number of amides is 2. The number of hydrogen-bond acceptors (Lipinski definition) is 3. The molecule has 1 atom stereocenters. The Morgan fingerprint density at radius 3 is 2.45 bits per heavy atom. The van der Waals surface area contributed by atoms with Gasteiger partial charge >= 0.3 is 0 Å². The first-order valence-electron chi connectivity index (χ1n) is 10.5. The van der Waals surface area contributed by atoms with Crippen LogP contribution in [0.4, 0.5) is 0 Å². The summed E-state index contributed by atoms with van der Waals surface area (Å²) in [4.78, 5) is 27.5. The molecule has 1 unspecified atom stereocenters. The lowest BCUT2D eigenvalue weighted by molar-refractivity contribution is -0.134. The molecule has 1 fully saturated rings. The van der Waals surface area contributed by atoms with Gasteiger partial charge in [0.2, 0.25) is 5.91 Å². The van der Waals surface area contributed by atoms with E-state index in [0.29, 0.717) is 31.0 Å². The monoisotopic (exact) mass is 394 g/mol. The van der Waals surface area contributed by atoms with Crippen LogP contribution in [-0.2, 0) is 4.79 Å². The van der Waals surface area contributed by atoms with Crippen LogP contribution in [-0.4, -0.2) is 42.5 Å². The molecule has 0 saturated carbocycles. The molecule has 1 saturated heterocycles. The van der Waals surface area contributed by atoms with Crippen LogP contribution in [0.1, 0.15) is 54.9 Å². The van der Waals surface area contributed by atoms with E-state index in [9.17, 15) is 9.59 Å². The molecule has 0 aromatic heterocycles. The van der Waals surface area contributed by atoms with Gasteiger partial charge in [-0.1, -0.05) is 43.3 Å². The van der Waals surface area contributed by atoms with Gasteiger partial charge in [-0.3, -0.25) is 9.59 Å². The normalized spacial score (nSPS) is 15.6. The van der Waals surface area contributed by atoms with Crippen molar-refractivity contribution in [1.82, 2.24) is 10.2 Å². The van der Waals surface area contributed by atoms with E-state index in [2.05, 4.69) is 12.2 Å². The Hall–Kier alpha value is -2.82. The first-order valence-corrected chi connectivity index (χ1v) is 10.5. The van der Waals surface area contributed by atoms with Crippen LogP contribution in [0.25, 0.3) is 0 Å². The van der Waals surface area contributed by atoms with E-state index in [4.69, 9.17) is 4.74 Å². The minimum absolute atomic E-state index is 0.0825. The summed E-state index contributed by atoms with van der Waals surface area (Å²) in [6, 6.07) is 17.3. The van der Waals surface area contributed by atoms with E-state index < -0.39 is 0 Å². The molecule has 2 aromatic rings. The largest absolute Gasteiger partial charge is 0.494 e. The van der Waals surface area contributed by atoms with Crippen molar-refractivity contribution in [3.63, 3.8) is 0 Å². The third kappa shape index (κ3) is 5.37. The topological polar surface area (TPSA) is 58.6 Å². The number of nitrogens with zero attached hydrogens (tertiary/aromatic N) is 1. The van der Waals surface area contributed by atoms with Gasteiger partial charge in [-0.25, -0.2) is 0 Å². The van der Waals surface area contributed by atoms with Gasteiger partial charge in [0.25, 0.3) is 5.91 Å². The van der Waals surface area contributed by atoms with E-state index in [0.717, 1.165) is 24.8 Å². The molecule has 5 nitrogen and oxygen atoms in total. The summed E-state index contributed by atoms with van der Waals surface area (Å²) in [6.07, 6.45) is 2.33. The summed E-state index contributed by atoms with van der Waals surface area (Å²) < 4.78 is 5.47. The number of carbonyl (C=O) groups excluding carboxylic acids is 2. The number of hydrogen-bond donors (Lipinski definition) is 1. The summed E-state index contributed by atoms with van der Waals surface area (Å²) in [7, 11) is 0. The van der Waals surface area contributed by atoms with Gasteiger partial charge in [0.1, 0.15) is 5.75 Å². The molecule has 1 heterocycles. The summed E-state index contributed by atoms with van der Waals surface area (Å²) >= 11 is 0. The quantitative estimate of drug-likeness (QED) is 0.772. The number of carbonyl (C=O) groups is 2. The van der Waals surface area contributed by atoms with Crippen LogP contribution >= 0.6 is 0 Å². The Bertz CT molecular complexity index is 814. The second-order valence-electron chi connectivity index (χ2n) is 7.41. The lowest BCUT2D eigenvalue weighted by Gasteiger charge is -2.34. The molecule has 1 aliphatic heterocycles. The van der Waals surface area contributed by atoms with Crippen LogP contribution < -0.4 is 10.1 Å². The second kappa shape index (κ2) is 10.1. The number of piperidine rings is 1. The highest BCUT2D eigenvalue weighted by molar-refractivity contribution is 5.94. The highest BCUT2D eigenvalue weighted by atomic mass is 16.5. The molecule has 1 N–H and O–H groups in total. The number of ether oxygens (including phenoxy) is 1. The van der Waals surface area contributed by atoms with E-state index in [1.165, 1.54) is 0 Å². The summed E-state index contributed by atoms with van der Waals surface area (Å²) in [5.74, 6) is 0.704. The lowest BCUT2D eigenvalue weighted by atomic mass is 9.93. The van der Waals surface area contributed by atoms with E-state index in [1.54, 1.807) is 12.1 Å². The van der Waals surface area contributed by atoms with E-state index in [1.807, 2.05) is 54.3 Å². The first kappa shape index (κ1) is 20.9. The summed E-state index contributed by atoms with van der Waals surface area (Å²) in [6.45, 7) is 5.89. The van der Waals surface area contributed by atoms with Gasteiger partial charge in [-0.15, -0.1) is 0 Å². The summed E-state index contributed by atoms with van der Waals surface area (Å²) in [5.41, 5.74) is 1.68. The Kier molecular flexibility index (Phi) is 7.28. The van der Waals surface area contributed by atoms with Crippen LogP contribution in [0.3, 0.4) is 0 Å². The minimum Gasteiger partial charge on any atom is -0.494 e. The third-order valence-electron chi connectivity index (χ3n) is 5.46. The van der Waals surface area contributed by atoms with Crippen molar-refractivity contribution >= 4 is 11.8 Å². The zero-order valence-electron chi connectivity index (χ0n) is 17.3. The van der Waals surface area contributed by atoms with Crippen molar-refractivity contribution in [3.8, 4) is 5.75 Å². The Balaban J connectivity index is 1.54. The first-order chi connectivity index (χ1) is 14.1. The fourth-order valence-corrected chi connectivity index (χ4v) is 3.87. The number of nitrogens with one attached hydrogen (secondary N) is 1. The Labute approximate surface area is 173 Å². The van der Waals surface area contributed by atoms with E-state index >= 15 is 0 Å². The Morgan fingerprint density at radius 1 is 1.07 bits per heavy atom. The molecule has 154 valence electrons. The molecule has 29 heavy (non-hydrogen) atoms. The molecule has 0 radical (unpaired) electrons. The van der Waals surface area contributed by atoms with Gasteiger partial charge in [0.05, 0.1) is 12.5 Å². The predicted molar refractivity (Wildman–Crippen MR) is 114 cm³/mol. The average Bonchev–Trinajstić information content (AvgIpc) is 2.76. The van der Waals surface area contributed by atoms with Crippen molar-refractivity contribution in [1.29, 1.82) is 0 Å². The van der Waals surface area contributed by atoms with Crippen LogP contribution in [0.2, 0.25) is 0 Å². The smallest absolute Gasteiger partial charge is 0.251 e. The average molecular weight is 395 g/mol. The molecule has 2 amide bonds. The third-order valence-corrected chi connectivity index (χ3v) is 5.46. The number of rotatable bonds is 7. The number of benzene rings is 2. The molecule has 5 heteroatoms. The SMILES string of the molecule is CCOc1cccc(C(=O)NC2CCN(C(=O)C(CC)c3ccccc3)CC2)c1. The Morgan fingerprint density at radius 2 is 1.79 bits per heavy atom. The minimum atomic E-state index is -0.0938. The van der Waals surface area contributed by atoms with Gasteiger partial charge in [0, 0.05) is 24.7 Å². The van der Waals surface area contributed by atoms with E-state index in [-0.39, 0.29) is 23.8 Å². The van der Waals surface area contributed by atoms with Crippen LogP contribution in [0, 0.1) is 0 Å². The maximum atomic E-state index is 13.0. The van der Waals surface area contributed by atoms with Gasteiger partial charge < -0.3 is 15.0 Å². The van der Waals surface area contributed by atoms with Gasteiger partial charge in [0.15, 0.2) is 0 Å². The molecule has 0 spiro atoms. The highest BCUT2D eigenvalue weighted by Crippen LogP contribution is 2.24. The zero-order chi connectivity index (χ0) is 20.6. The highest BCUT2D eigenvalue weighted by Gasteiger charge is 2.28. The van der Waals surface area contributed by atoms with Crippen LogP contribution in [0.15, 0.2) is 54.6 Å². The maximum absolute atomic E-state index is 13.0. The van der Waals surface area contributed by atoms with Crippen molar-refractivity contribution in [2.45, 2.75) is 45.1 Å². The molecule has 0 bridgehead atoms. The molecular weight excluding hydrogens is 364 g/mol. The predicted octanol–water partition coefficient (Wildman–Crippen LogP) is 4.00. The van der Waals surface area contributed by atoms with Crippen molar-refractivity contribution in [3.05, 3.63) is 65.7 Å². The van der Waals surface area contributed by atoms with Gasteiger partial charge in [-0.05, 0) is 49.9 Å². The molecule has 1 aliphatic rings. The molecule has 3 rings (SSSR count). The fraction of sp³-hybridized carbons (Fsp3) is 0.417. The fourth-order valence-electron chi connectivity index (χ4n) is 3.87. The molecule has 0 aliphatic carbocycles. The number of likely N-dealkylation sites (tertiary alicyclic amines) is 1. The zero-order valence-corrected chi connectivity index (χ0v) is 17.3. The second-order valence-corrected chi connectivity index (χ2v) is 7.41. The van der Waals surface area contributed by atoms with Crippen molar-refractivity contribution in [2.24, 2.45) is 0 Å². The van der Waals surface area contributed by atoms with Gasteiger partial charge in [-0.2, -0.15) is 0 Å². The summed E-state index contributed by atoms with van der Waals surface area (Å²) in [5, 5.41) is 3.11. The maximum Gasteiger partial charge on any atom is 0.251 e. The van der Waals surface area contributed by atoms with Crippen LogP contribution in [0.5, 0.6) is 5.75 Å². The standard InChI is InChI=1S/C24H30N2O3/c1-3-22(18-9-6-5-7-10-18)24(28)26-15-13-20(14-16-26)25-23(27)19-11-8-12-21(17-19)29-4-2/h5-12,17,20,22H,3-4,13-16H2,1-2H3,(H,25,27). The van der Waals surface area contributed by atoms with Crippen molar-refractivity contribution < 1.29 is 14.3 Å².